The first-order chi connectivity index (χ1) is 15.6. The van der Waals surface area contributed by atoms with E-state index in [-0.39, 0.29) is 34.8 Å². The van der Waals surface area contributed by atoms with Crippen LogP contribution in [0, 0.1) is 26.7 Å². The first-order valence-electron chi connectivity index (χ1n) is 10.6. The van der Waals surface area contributed by atoms with Gasteiger partial charge in [-0.3, -0.25) is 4.79 Å². The van der Waals surface area contributed by atoms with Crippen molar-refractivity contribution in [2.45, 2.75) is 38.5 Å². The number of benzene rings is 2. The van der Waals surface area contributed by atoms with Gasteiger partial charge in [0.25, 0.3) is 0 Å². The van der Waals surface area contributed by atoms with E-state index in [1.54, 1.807) is 13.0 Å². The maximum Gasteiger partial charge on any atom is 0.244 e. The van der Waals surface area contributed by atoms with Crippen LogP contribution in [-0.4, -0.2) is 41.9 Å². The molecule has 1 aliphatic rings. The van der Waals surface area contributed by atoms with Crippen LogP contribution in [0.1, 0.15) is 29.9 Å². The number of aromatic nitrogens is 2. The van der Waals surface area contributed by atoms with E-state index in [1.807, 2.05) is 32.0 Å². The first-order valence-corrected chi connectivity index (χ1v) is 12.5. The maximum atomic E-state index is 13.3. The average molecular weight is 489 g/mol. The van der Waals surface area contributed by atoms with Crippen molar-refractivity contribution in [1.29, 1.82) is 0 Å². The number of piperidine rings is 1. The minimum Gasteiger partial charge on any atom is -0.339 e. The van der Waals surface area contributed by atoms with Crippen molar-refractivity contribution in [3.05, 3.63) is 58.4 Å². The van der Waals surface area contributed by atoms with Crippen molar-refractivity contribution in [2.24, 2.45) is 5.92 Å². The molecule has 0 spiro atoms. The fourth-order valence-corrected chi connectivity index (χ4v) is 5.91. The third-order valence-electron chi connectivity index (χ3n) is 5.80. The molecule has 0 aliphatic carbocycles. The summed E-state index contributed by atoms with van der Waals surface area (Å²) < 4.78 is 33.0. The molecule has 0 unspecified atom stereocenters. The molecule has 1 fully saturated rings. The van der Waals surface area contributed by atoms with E-state index in [9.17, 15) is 13.2 Å². The summed E-state index contributed by atoms with van der Waals surface area (Å²) >= 11 is 6.25. The number of nitrogens with one attached hydrogen (secondary N) is 1. The molecule has 2 aromatic carbocycles. The summed E-state index contributed by atoms with van der Waals surface area (Å²) in [6.07, 6.45) is 0.856. The highest BCUT2D eigenvalue weighted by Crippen LogP contribution is 2.32. The van der Waals surface area contributed by atoms with Gasteiger partial charge in [-0.2, -0.15) is 9.29 Å². The molecule has 0 radical (unpaired) electrons. The highest BCUT2D eigenvalue weighted by Gasteiger charge is 2.33. The van der Waals surface area contributed by atoms with Crippen LogP contribution >= 0.6 is 11.6 Å². The van der Waals surface area contributed by atoms with E-state index >= 15 is 0 Å². The zero-order valence-corrected chi connectivity index (χ0v) is 20.2. The van der Waals surface area contributed by atoms with E-state index in [2.05, 4.69) is 15.5 Å². The first kappa shape index (κ1) is 23.4. The summed E-state index contributed by atoms with van der Waals surface area (Å²) in [6.45, 7) is 6.07. The number of rotatable bonds is 5. The van der Waals surface area contributed by atoms with Crippen molar-refractivity contribution >= 4 is 33.2 Å². The zero-order chi connectivity index (χ0) is 23.8. The van der Waals surface area contributed by atoms with Gasteiger partial charge < -0.3 is 9.84 Å². The molecule has 1 saturated heterocycles. The second kappa shape index (κ2) is 9.24. The third kappa shape index (κ3) is 4.95. The topological polar surface area (TPSA) is 105 Å². The molecule has 0 saturated carbocycles. The van der Waals surface area contributed by atoms with Gasteiger partial charge in [-0.05, 0) is 56.5 Å². The lowest BCUT2D eigenvalue weighted by molar-refractivity contribution is -0.120. The predicted octanol–water partition coefficient (Wildman–Crippen LogP) is 4.35. The van der Waals surface area contributed by atoms with E-state index in [0.717, 1.165) is 16.8 Å². The molecule has 8 nitrogen and oxygen atoms in total. The van der Waals surface area contributed by atoms with E-state index < -0.39 is 10.0 Å². The summed E-state index contributed by atoms with van der Waals surface area (Å²) in [5, 5.41) is 6.94. The monoisotopic (exact) mass is 488 g/mol. The molecule has 1 aliphatic heterocycles. The number of sulfonamides is 1. The largest absolute Gasteiger partial charge is 0.339 e. The minimum atomic E-state index is -3.85. The van der Waals surface area contributed by atoms with Gasteiger partial charge in [0.2, 0.25) is 27.6 Å². The quantitative estimate of drug-likeness (QED) is 0.572. The molecule has 10 heteroatoms. The van der Waals surface area contributed by atoms with Gasteiger partial charge in [-0.25, -0.2) is 8.42 Å². The molecule has 1 amide bonds. The third-order valence-corrected chi connectivity index (χ3v) is 8.18. The average Bonchev–Trinajstić information content (AvgIpc) is 3.22. The normalized spacial score (nSPS) is 15.5. The molecular formula is C23H25ClN4O4S. The van der Waals surface area contributed by atoms with Crippen LogP contribution in [-0.2, 0) is 14.8 Å². The van der Waals surface area contributed by atoms with Crippen molar-refractivity contribution < 1.29 is 17.7 Å². The molecule has 1 N–H and O–H groups in total. The fourth-order valence-electron chi connectivity index (χ4n) is 3.94. The Labute approximate surface area is 198 Å². The van der Waals surface area contributed by atoms with E-state index in [0.29, 0.717) is 30.1 Å². The van der Waals surface area contributed by atoms with Crippen LogP contribution in [0.5, 0.6) is 0 Å². The van der Waals surface area contributed by atoms with Crippen LogP contribution in [0.4, 0.5) is 5.69 Å². The fraction of sp³-hybridized carbons (Fsp3) is 0.348. The SMILES string of the molecule is Cc1ccc(NC(=O)C2CCN(S(=O)(=O)c3cc(-c4noc(C)n4)ccc3Cl)CC2)c(C)c1. The molecular weight excluding hydrogens is 464 g/mol. The highest BCUT2D eigenvalue weighted by molar-refractivity contribution is 7.89. The van der Waals surface area contributed by atoms with Crippen LogP contribution in [0.15, 0.2) is 45.8 Å². The number of hydrogen-bond acceptors (Lipinski definition) is 6. The Morgan fingerprint density at radius 2 is 1.85 bits per heavy atom. The van der Waals surface area contributed by atoms with Crippen LogP contribution in [0.3, 0.4) is 0 Å². The molecule has 2 heterocycles. The minimum absolute atomic E-state index is 0.0118. The predicted molar refractivity (Wildman–Crippen MR) is 126 cm³/mol. The molecule has 1 aromatic heterocycles. The van der Waals surface area contributed by atoms with Gasteiger partial charge in [0, 0.05) is 37.2 Å². The number of carbonyl (C=O) groups excluding carboxylic acids is 1. The molecule has 0 atom stereocenters. The number of anilines is 1. The van der Waals surface area contributed by atoms with Gasteiger partial charge in [-0.15, -0.1) is 0 Å². The number of halogens is 1. The number of aryl methyl sites for hydroxylation is 3. The van der Waals surface area contributed by atoms with Crippen molar-refractivity contribution in [1.82, 2.24) is 14.4 Å². The van der Waals surface area contributed by atoms with Gasteiger partial charge in [0.05, 0.1) is 5.02 Å². The van der Waals surface area contributed by atoms with Crippen LogP contribution < -0.4 is 5.32 Å². The smallest absolute Gasteiger partial charge is 0.244 e. The molecule has 174 valence electrons. The summed E-state index contributed by atoms with van der Waals surface area (Å²) in [4.78, 5) is 16.9. The number of amides is 1. The second-order valence-electron chi connectivity index (χ2n) is 8.27. The summed E-state index contributed by atoms with van der Waals surface area (Å²) in [5.41, 5.74) is 3.40. The van der Waals surface area contributed by atoms with Gasteiger partial charge in [0.1, 0.15) is 4.90 Å². The van der Waals surface area contributed by atoms with E-state index in [4.69, 9.17) is 16.1 Å². The Bertz CT molecular complexity index is 1300. The van der Waals surface area contributed by atoms with Crippen molar-refractivity contribution in [3.63, 3.8) is 0 Å². The van der Waals surface area contributed by atoms with Gasteiger partial charge >= 0.3 is 0 Å². The standard InChI is InChI=1S/C23H25ClN4O4S/c1-14-4-7-20(15(2)12-14)26-23(29)17-8-10-28(11-9-17)33(30,31)21-13-18(5-6-19(21)24)22-25-16(3)32-27-22/h4-7,12-13,17H,8-11H2,1-3H3,(H,26,29). The lowest BCUT2D eigenvalue weighted by atomic mass is 9.97. The second-order valence-corrected chi connectivity index (χ2v) is 10.6. The Hall–Kier alpha value is -2.75. The Morgan fingerprint density at radius 3 is 2.48 bits per heavy atom. The van der Waals surface area contributed by atoms with Crippen molar-refractivity contribution in [3.8, 4) is 11.4 Å². The molecule has 33 heavy (non-hydrogen) atoms. The van der Waals surface area contributed by atoms with Crippen LogP contribution in [0.2, 0.25) is 5.02 Å². The maximum absolute atomic E-state index is 13.3. The van der Waals surface area contributed by atoms with Crippen LogP contribution in [0.25, 0.3) is 11.4 Å². The Balaban J connectivity index is 1.46. The Morgan fingerprint density at radius 1 is 1.12 bits per heavy atom. The number of carbonyl (C=O) groups is 1. The highest BCUT2D eigenvalue weighted by atomic mass is 35.5. The molecule has 4 rings (SSSR count). The molecule has 3 aromatic rings. The lowest BCUT2D eigenvalue weighted by Crippen LogP contribution is -2.41. The summed E-state index contributed by atoms with van der Waals surface area (Å²) in [5.74, 6) is 0.320. The lowest BCUT2D eigenvalue weighted by Gasteiger charge is -2.31. The van der Waals surface area contributed by atoms with Gasteiger partial charge in [-0.1, -0.05) is 34.5 Å². The summed E-state index contributed by atoms with van der Waals surface area (Å²) in [7, 11) is -3.85. The number of hydrogen-bond donors (Lipinski definition) is 1. The van der Waals surface area contributed by atoms with E-state index in [1.165, 1.54) is 16.4 Å². The number of nitrogens with zero attached hydrogens (tertiary/aromatic N) is 3. The van der Waals surface area contributed by atoms with Crippen molar-refractivity contribution in [2.75, 3.05) is 18.4 Å². The van der Waals surface area contributed by atoms with Gasteiger partial charge in [0.15, 0.2) is 0 Å². The zero-order valence-electron chi connectivity index (χ0n) is 18.6. The molecule has 0 bridgehead atoms. The summed E-state index contributed by atoms with van der Waals surface area (Å²) in [6, 6.07) is 10.5. The Kier molecular flexibility index (Phi) is 6.56.